The van der Waals surface area contributed by atoms with Crippen LogP contribution in [0.5, 0.6) is 0 Å². The lowest BCUT2D eigenvalue weighted by Crippen LogP contribution is -2.40. The molecular formula is C19H27ClN6O2. The molecule has 0 atom stereocenters. The maximum absolute atomic E-state index is 13.1. The first-order chi connectivity index (χ1) is 13.6. The average Bonchev–Trinajstić information content (AvgIpc) is 3.30. The Morgan fingerprint density at radius 2 is 1.79 bits per heavy atom. The lowest BCUT2D eigenvalue weighted by atomic mass is 10.2. The smallest absolute Gasteiger partial charge is 0.332 e. The summed E-state index contributed by atoms with van der Waals surface area (Å²) in [5, 5.41) is 0.260. The Morgan fingerprint density at radius 3 is 2.46 bits per heavy atom. The number of aryl methyl sites for hydroxylation is 3. The summed E-state index contributed by atoms with van der Waals surface area (Å²) in [6.45, 7) is 5.58. The predicted octanol–water partition coefficient (Wildman–Crippen LogP) is 2.97. The molecule has 0 fully saturated rings. The fourth-order valence-electron chi connectivity index (χ4n) is 3.41. The summed E-state index contributed by atoms with van der Waals surface area (Å²) in [5.74, 6) is 0. The molecule has 1 N–H and O–H groups in total. The van der Waals surface area contributed by atoms with Crippen molar-refractivity contribution in [2.75, 3.05) is 0 Å². The molecule has 3 rings (SSSR count). The van der Waals surface area contributed by atoms with Crippen LogP contribution in [0.15, 0.2) is 22.1 Å². The van der Waals surface area contributed by atoms with Gasteiger partial charge in [0.1, 0.15) is 0 Å². The van der Waals surface area contributed by atoms with E-state index >= 15 is 0 Å². The minimum atomic E-state index is -0.304. The summed E-state index contributed by atoms with van der Waals surface area (Å²) < 4.78 is 4.67. The third-order valence-electron chi connectivity index (χ3n) is 4.88. The summed E-state index contributed by atoms with van der Waals surface area (Å²) in [7, 11) is 0. The molecule has 3 heterocycles. The van der Waals surface area contributed by atoms with E-state index in [1.807, 2.05) is 6.92 Å². The molecular weight excluding hydrogens is 380 g/mol. The lowest BCUT2D eigenvalue weighted by molar-refractivity contribution is 0.521. The van der Waals surface area contributed by atoms with E-state index in [1.54, 1.807) is 21.7 Å². The molecule has 0 unspecified atom stereocenters. The van der Waals surface area contributed by atoms with Gasteiger partial charge in [0, 0.05) is 31.5 Å². The quantitative estimate of drug-likeness (QED) is 0.414. The third-order valence-corrected chi connectivity index (χ3v) is 5.17. The van der Waals surface area contributed by atoms with Gasteiger partial charge in [0.2, 0.25) is 5.28 Å². The Labute approximate surface area is 168 Å². The van der Waals surface area contributed by atoms with E-state index in [0.29, 0.717) is 30.8 Å². The zero-order chi connectivity index (χ0) is 20.1. The molecule has 0 spiro atoms. The Bertz CT molecular complexity index is 1030. The predicted molar refractivity (Wildman–Crippen MR) is 110 cm³/mol. The second-order valence-electron chi connectivity index (χ2n) is 6.98. The monoisotopic (exact) mass is 406 g/mol. The Hall–Kier alpha value is -2.35. The van der Waals surface area contributed by atoms with Gasteiger partial charge in [0.05, 0.1) is 6.33 Å². The number of unbranched alkanes of at least 4 members (excludes halogenated alkanes) is 2. The fraction of sp³-hybridized carbons (Fsp3) is 0.579. The zero-order valence-electron chi connectivity index (χ0n) is 16.4. The highest BCUT2D eigenvalue weighted by Crippen LogP contribution is 2.17. The summed E-state index contributed by atoms with van der Waals surface area (Å²) >= 11 is 6.29. The van der Waals surface area contributed by atoms with E-state index in [2.05, 4.69) is 21.9 Å². The van der Waals surface area contributed by atoms with Crippen LogP contribution in [0.2, 0.25) is 5.28 Å². The Balaban J connectivity index is 1.96. The largest absolute Gasteiger partial charge is 0.348 e. The van der Waals surface area contributed by atoms with Crippen LogP contribution >= 0.6 is 11.6 Å². The number of hydrogen-bond donors (Lipinski definition) is 1. The summed E-state index contributed by atoms with van der Waals surface area (Å²) in [4.78, 5) is 37.6. The average molecular weight is 407 g/mol. The van der Waals surface area contributed by atoms with Crippen LogP contribution in [0.25, 0.3) is 11.2 Å². The highest BCUT2D eigenvalue weighted by molar-refractivity contribution is 6.29. The molecule has 0 aromatic carbocycles. The Morgan fingerprint density at radius 1 is 1.00 bits per heavy atom. The van der Waals surface area contributed by atoms with E-state index in [1.165, 1.54) is 4.57 Å². The highest BCUT2D eigenvalue weighted by atomic mass is 35.5. The van der Waals surface area contributed by atoms with Crippen LogP contribution in [-0.2, 0) is 26.1 Å². The first kappa shape index (κ1) is 20.4. The van der Waals surface area contributed by atoms with Crippen LogP contribution in [-0.4, -0.2) is 28.7 Å². The molecule has 0 aliphatic carbocycles. The van der Waals surface area contributed by atoms with E-state index in [0.717, 1.165) is 44.2 Å². The standard InChI is InChI=1S/C19H27ClN6O2/c1-3-5-10-25-16-15(24(9-4-2)18(20)23-16)17(27)26(19(25)28)11-7-6-8-14-12-21-13-22-14/h12-13H,3-11H2,1-2H3,(H,21,22). The van der Waals surface area contributed by atoms with E-state index in [4.69, 9.17) is 11.6 Å². The molecule has 0 amide bonds. The molecule has 0 saturated heterocycles. The topological polar surface area (TPSA) is 90.5 Å². The molecule has 152 valence electrons. The molecule has 8 nitrogen and oxygen atoms in total. The second kappa shape index (κ2) is 9.23. The van der Waals surface area contributed by atoms with Crippen LogP contribution < -0.4 is 11.2 Å². The number of hydrogen-bond acceptors (Lipinski definition) is 4. The van der Waals surface area contributed by atoms with Gasteiger partial charge in [-0.2, -0.15) is 4.98 Å². The summed E-state index contributed by atoms with van der Waals surface area (Å²) in [6, 6.07) is 0. The normalized spacial score (nSPS) is 11.5. The number of H-pyrrole nitrogens is 1. The fourth-order valence-corrected chi connectivity index (χ4v) is 3.66. The van der Waals surface area contributed by atoms with Crippen molar-refractivity contribution in [1.82, 2.24) is 28.7 Å². The number of halogens is 1. The molecule has 0 aliphatic rings. The molecule has 0 saturated carbocycles. The molecule has 0 radical (unpaired) electrons. The number of fused-ring (bicyclic) bond motifs is 1. The van der Waals surface area contributed by atoms with Crippen molar-refractivity contribution in [1.29, 1.82) is 0 Å². The van der Waals surface area contributed by atoms with E-state index in [-0.39, 0.29) is 16.5 Å². The third kappa shape index (κ3) is 4.06. The van der Waals surface area contributed by atoms with Crippen molar-refractivity contribution in [3.05, 3.63) is 44.3 Å². The van der Waals surface area contributed by atoms with E-state index < -0.39 is 0 Å². The van der Waals surface area contributed by atoms with Gasteiger partial charge in [0.15, 0.2) is 11.2 Å². The first-order valence-corrected chi connectivity index (χ1v) is 10.3. The van der Waals surface area contributed by atoms with Crippen molar-refractivity contribution in [2.45, 2.75) is 72.0 Å². The van der Waals surface area contributed by atoms with Crippen molar-refractivity contribution in [3.8, 4) is 0 Å². The van der Waals surface area contributed by atoms with Crippen molar-refractivity contribution >= 4 is 22.8 Å². The zero-order valence-corrected chi connectivity index (χ0v) is 17.2. The van der Waals surface area contributed by atoms with Crippen molar-refractivity contribution < 1.29 is 0 Å². The number of aromatic amines is 1. The first-order valence-electron chi connectivity index (χ1n) is 9.95. The van der Waals surface area contributed by atoms with Gasteiger partial charge in [-0.05, 0) is 43.7 Å². The number of rotatable bonds is 10. The summed E-state index contributed by atoms with van der Waals surface area (Å²) in [5.41, 5.74) is 1.27. The summed E-state index contributed by atoms with van der Waals surface area (Å²) in [6.07, 6.45) is 8.47. The SMILES string of the molecule is CCCCn1c(=O)n(CCCCc2cnc[nH]2)c(=O)c2c1nc(Cl)n2CCC. The van der Waals surface area contributed by atoms with Gasteiger partial charge in [-0.1, -0.05) is 20.3 Å². The minimum absolute atomic E-state index is 0.260. The number of nitrogens with one attached hydrogen (secondary N) is 1. The van der Waals surface area contributed by atoms with Crippen LogP contribution in [0.4, 0.5) is 0 Å². The van der Waals surface area contributed by atoms with Gasteiger partial charge in [-0.3, -0.25) is 13.9 Å². The number of imidazole rings is 2. The van der Waals surface area contributed by atoms with Crippen LogP contribution in [0, 0.1) is 0 Å². The minimum Gasteiger partial charge on any atom is -0.348 e. The second-order valence-corrected chi connectivity index (χ2v) is 7.32. The molecule has 9 heteroatoms. The lowest BCUT2D eigenvalue weighted by Gasteiger charge is -2.12. The van der Waals surface area contributed by atoms with Gasteiger partial charge in [-0.15, -0.1) is 0 Å². The van der Waals surface area contributed by atoms with Gasteiger partial charge < -0.3 is 9.55 Å². The van der Waals surface area contributed by atoms with Gasteiger partial charge in [0.25, 0.3) is 5.56 Å². The molecule has 0 aliphatic heterocycles. The molecule has 3 aromatic rings. The molecule has 28 heavy (non-hydrogen) atoms. The van der Waals surface area contributed by atoms with Gasteiger partial charge in [-0.25, -0.2) is 9.78 Å². The molecule has 3 aromatic heterocycles. The number of aromatic nitrogens is 6. The molecule has 0 bridgehead atoms. The van der Waals surface area contributed by atoms with Crippen LogP contribution in [0.1, 0.15) is 51.6 Å². The highest BCUT2D eigenvalue weighted by Gasteiger charge is 2.20. The Kier molecular flexibility index (Phi) is 6.72. The number of nitrogens with zero attached hydrogens (tertiary/aromatic N) is 5. The van der Waals surface area contributed by atoms with Crippen molar-refractivity contribution in [2.24, 2.45) is 0 Å². The van der Waals surface area contributed by atoms with Gasteiger partial charge >= 0.3 is 5.69 Å². The van der Waals surface area contributed by atoms with Crippen molar-refractivity contribution in [3.63, 3.8) is 0 Å². The van der Waals surface area contributed by atoms with E-state index in [9.17, 15) is 9.59 Å². The maximum atomic E-state index is 13.1. The van der Waals surface area contributed by atoms with Crippen LogP contribution in [0.3, 0.4) is 0 Å². The maximum Gasteiger partial charge on any atom is 0.332 e.